The average molecular weight is 156 g/mol. The summed E-state index contributed by atoms with van der Waals surface area (Å²) in [6.07, 6.45) is 3.00. The van der Waals surface area contributed by atoms with Gasteiger partial charge in [0.15, 0.2) is 0 Å². The van der Waals surface area contributed by atoms with Crippen molar-refractivity contribution in [3.63, 3.8) is 0 Å². The van der Waals surface area contributed by atoms with Crippen LogP contribution in [0.1, 0.15) is 27.2 Å². The molecule has 1 N–H and O–H groups in total. The highest BCUT2D eigenvalue weighted by molar-refractivity contribution is 5.54. The molecule has 2 heteroatoms. The second-order valence-corrected chi connectivity index (χ2v) is 2.80. The van der Waals surface area contributed by atoms with Gasteiger partial charge in [0.1, 0.15) is 6.29 Å². The molecule has 0 fully saturated rings. The van der Waals surface area contributed by atoms with E-state index in [9.17, 15) is 9.90 Å². The third kappa shape index (κ3) is 3.33. The van der Waals surface area contributed by atoms with Crippen molar-refractivity contribution in [2.24, 2.45) is 5.92 Å². The summed E-state index contributed by atoms with van der Waals surface area (Å²) in [6.45, 7) is 5.56. The van der Waals surface area contributed by atoms with E-state index >= 15 is 0 Å². The predicted octanol–water partition coefficient (Wildman–Crippen LogP) is 1.54. The van der Waals surface area contributed by atoms with Crippen molar-refractivity contribution >= 4 is 6.29 Å². The fourth-order valence-electron chi connectivity index (χ4n) is 0.932. The van der Waals surface area contributed by atoms with Crippen LogP contribution in [0.4, 0.5) is 0 Å². The Morgan fingerprint density at radius 2 is 2.18 bits per heavy atom. The van der Waals surface area contributed by atoms with Gasteiger partial charge in [-0.2, -0.15) is 0 Å². The van der Waals surface area contributed by atoms with Gasteiger partial charge in [-0.05, 0) is 18.9 Å². The van der Waals surface area contributed by atoms with E-state index in [-0.39, 0.29) is 5.92 Å². The lowest BCUT2D eigenvalue weighted by Gasteiger charge is -2.13. The average Bonchev–Trinajstić information content (AvgIpc) is 2.02. The number of carbonyl (C=O) groups is 1. The van der Waals surface area contributed by atoms with Crippen LogP contribution in [-0.4, -0.2) is 17.5 Å². The zero-order valence-electron chi connectivity index (χ0n) is 7.37. The van der Waals surface area contributed by atoms with E-state index in [4.69, 9.17) is 0 Å². The summed E-state index contributed by atoms with van der Waals surface area (Å²) in [6, 6.07) is 0. The standard InChI is InChI=1S/C9H16O2/c1-4-5-7(2)9(11)8(3)6-10/h5-6,8-9,11H,4H2,1-3H3/b7-5-. The Labute approximate surface area is 67.9 Å². The molecule has 0 aliphatic heterocycles. The van der Waals surface area contributed by atoms with Gasteiger partial charge in [0.05, 0.1) is 6.10 Å². The highest BCUT2D eigenvalue weighted by atomic mass is 16.3. The Balaban J connectivity index is 4.11. The molecule has 0 radical (unpaired) electrons. The van der Waals surface area contributed by atoms with Crippen LogP contribution < -0.4 is 0 Å². The number of aldehydes is 1. The Bertz CT molecular complexity index is 150. The van der Waals surface area contributed by atoms with E-state index < -0.39 is 6.10 Å². The summed E-state index contributed by atoms with van der Waals surface area (Å²) in [5.41, 5.74) is 0.882. The molecule has 0 saturated carbocycles. The monoisotopic (exact) mass is 156 g/mol. The zero-order chi connectivity index (χ0) is 8.85. The van der Waals surface area contributed by atoms with Crippen LogP contribution in [0.15, 0.2) is 11.6 Å². The minimum Gasteiger partial charge on any atom is -0.388 e. The van der Waals surface area contributed by atoms with Crippen LogP contribution in [-0.2, 0) is 4.79 Å². The molecule has 0 heterocycles. The number of rotatable bonds is 4. The van der Waals surface area contributed by atoms with E-state index in [1.807, 2.05) is 19.9 Å². The van der Waals surface area contributed by atoms with Crippen molar-refractivity contribution in [3.05, 3.63) is 11.6 Å². The predicted molar refractivity (Wildman–Crippen MR) is 45.3 cm³/mol. The minimum absolute atomic E-state index is 0.294. The molecule has 0 aromatic carbocycles. The Kier molecular flexibility index (Phi) is 4.79. The van der Waals surface area contributed by atoms with E-state index in [0.29, 0.717) is 0 Å². The molecule has 2 unspecified atom stereocenters. The second kappa shape index (κ2) is 5.08. The molecule has 0 bridgehead atoms. The summed E-state index contributed by atoms with van der Waals surface area (Å²) in [5.74, 6) is -0.294. The maximum Gasteiger partial charge on any atom is 0.125 e. The topological polar surface area (TPSA) is 37.3 Å². The zero-order valence-corrected chi connectivity index (χ0v) is 7.37. The number of allylic oxidation sites excluding steroid dienone is 1. The molecule has 0 rings (SSSR count). The molecule has 0 aliphatic carbocycles. The van der Waals surface area contributed by atoms with E-state index in [1.165, 1.54) is 0 Å². The molecule has 2 atom stereocenters. The van der Waals surface area contributed by atoms with Crippen molar-refractivity contribution < 1.29 is 9.90 Å². The molecular weight excluding hydrogens is 140 g/mol. The molecular formula is C9H16O2. The number of aliphatic hydroxyl groups excluding tert-OH is 1. The number of hydrogen-bond acceptors (Lipinski definition) is 2. The fourth-order valence-corrected chi connectivity index (χ4v) is 0.932. The smallest absolute Gasteiger partial charge is 0.125 e. The Morgan fingerprint density at radius 3 is 2.55 bits per heavy atom. The van der Waals surface area contributed by atoms with Crippen LogP contribution in [0.3, 0.4) is 0 Å². The summed E-state index contributed by atoms with van der Waals surface area (Å²) < 4.78 is 0. The van der Waals surface area contributed by atoms with E-state index in [2.05, 4.69) is 0 Å². The molecule has 0 aromatic heterocycles. The molecule has 0 aliphatic rings. The summed E-state index contributed by atoms with van der Waals surface area (Å²) in [5, 5.41) is 9.42. The van der Waals surface area contributed by atoms with Gasteiger partial charge >= 0.3 is 0 Å². The first-order valence-electron chi connectivity index (χ1n) is 3.93. The van der Waals surface area contributed by atoms with Crippen molar-refractivity contribution in [2.75, 3.05) is 0 Å². The summed E-state index contributed by atoms with van der Waals surface area (Å²) in [4.78, 5) is 10.3. The third-order valence-corrected chi connectivity index (χ3v) is 1.71. The molecule has 0 amide bonds. The van der Waals surface area contributed by atoms with Gasteiger partial charge in [-0.1, -0.05) is 19.9 Å². The lowest BCUT2D eigenvalue weighted by molar-refractivity contribution is -0.112. The number of hydrogen-bond donors (Lipinski definition) is 1. The molecule has 64 valence electrons. The first kappa shape index (κ1) is 10.4. The largest absolute Gasteiger partial charge is 0.388 e. The van der Waals surface area contributed by atoms with Gasteiger partial charge in [0.2, 0.25) is 0 Å². The Hall–Kier alpha value is -0.630. The van der Waals surface area contributed by atoms with E-state index in [1.54, 1.807) is 6.92 Å². The van der Waals surface area contributed by atoms with Gasteiger partial charge in [-0.25, -0.2) is 0 Å². The van der Waals surface area contributed by atoms with Crippen LogP contribution in [0, 0.1) is 5.92 Å². The second-order valence-electron chi connectivity index (χ2n) is 2.80. The van der Waals surface area contributed by atoms with E-state index in [0.717, 1.165) is 18.3 Å². The summed E-state index contributed by atoms with van der Waals surface area (Å²) >= 11 is 0. The lowest BCUT2D eigenvalue weighted by atomic mass is 9.99. The first-order chi connectivity index (χ1) is 5.13. The molecule has 0 spiro atoms. The lowest BCUT2D eigenvalue weighted by Crippen LogP contribution is -2.19. The molecule has 0 aromatic rings. The Morgan fingerprint density at radius 1 is 1.64 bits per heavy atom. The minimum atomic E-state index is -0.604. The highest BCUT2D eigenvalue weighted by Gasteiger charge is 2.13. The summed E-state index contributed by atoms with van der Waals surface area (Å²) in [7, 11) is 0. The van der Waals surface area contributed by atoms with Crippen molar-refractivity contribution in [3.8, 4) is 0 Å². The molecule has 2 nitrogen and oxygen atoms in total. The van der Waals surface area contributed by atoms with Crippen LogP contribution >= 0.6 is 0 Å². The molecule has 11 heavy (non-hydrogen) atoms. The van der Waals surface area contributed by atoms with Crippen LogP contribution in [0.2, 0.25) is 0 Å². The van der Waals surface area contributed by atoms with Crippen molar-refractivity contribution in [1.29, 1.82) is 0 Å². The van der Waals surface area contributed by atoms with Gasteiger partial charge < -0.3 is 9.90 Å². The number of aliphatic hydroxyl groups is 1. The molecule has 0 saturated heterocycles. The van der Waals surface area contributed by atoms with Crippen molar-refractivity contribution in [1.82, 2.24) is 0 Å². The SMILES string of the molecule is CC/C=C(/C)C(O)C(C)C=O. The van der Waals surface area contributed by atoms with Gasteiger partial charge in [-0.3, -0.25) is 0 Å². The quantitative estimate of drug-likeness (QED) is 0.495. The third-order valence-electron chi connectivity index (χ3n) is 1.71. The maximum atomic E-state index is 10.3. The number of carbonyl (C=O) groups excluding carboxylic acids is 1. The fraction of sp³-hybridized carbons (Fsp3) is 0.667. The van der Waals surface area contributed by atoms with Gasteiger partial charge in [0.25, 0.3) is 0 Å². The van der Waals surface area contributed by atoms with Crippen LogP contribution in [0.25, 0.3) is 0 Å². The highest BCUT2D eigenvalue weighted by Crippen LogP contribution is 2.10. The van der Waals surface area contributed by atoms with Gasteiger partial charge in [0, 0.05) is 5.92 Å². The van der Waals surface area contributed by atoms with Crippen molar-refractivity contribution in [2.45, 2.75) is 33.3 Å². The maximum absolute atomic E-state index is 10.3. The van der Waals surface area contributed by atoms with Crippen LogP contribution in [0.5, 0.6) is 0 Å². The first-order valence-corrected chi connectivity index (χ1v) is 3.93. The van der Waals surface area contributed by atoms with Gasteiger partial charge in [-0.15, -0.1) is 0 Å². The normalized spacial score (nSPS) is 17.6.